The van der Waals surface area contributed by atoms with Gasteiger partial charge in [0.05, 0.1) is 0 Å². The number of esters is 1. The summed E-state index contributed by atoms with van der Waals surface area (Å²) in [5.74, 6) is -0.635. The second-order valence-electron chi connectivity index (χ2n) is 4.48. The minimum Gasteiger partial charge on any atom is -0.451 e. The summed E-state index contributed by atoms with van der Waals surface area (Å²) in [6.45, 7) is 6.56. The van der Waals surface area contributed by atoms with Crippen molar-refractivity contribution in [1.82, 2.24) is 0 Å². The molecule has 1 aromatic rings. The van der Waals surface area contributed by atoms with E-state index in [9.17, 15) is 9.59 Å². The van der Waals surface area contributed by atoms with E-state index in [-0.39, 0.29) is 5.78 Å². The van der Waals surface area contributed by atoms with Gasteiger partial charge in [0.1, 0.15) is 0 Å². The van der Waals surface area contributed by atoms with Crippen LogP contribution in [-0.2, 0) is 16.0 Å². The van der Waals surface area contributed by atoms with Crippen LogP contribution in [0.15, 0.2) is 24.3 Å². The second-order valence-corrected chi connectivity index (χ2v) is 4.48. The van der Waals surface area contributed by atoms with Crippen molar-refractivity contribution in [3.8, 4) is 0 Å². The molecule has 0 aliphatic carbocycles. The minimum absolute atomic E-state index is 0.185. The van der Waals surface area contributed by atoms with Gasteiger partial charge in [0, 0.05) is 12.5 Å². The van der Waals surface area contributed by atoms with Gasteiger partial charge in [-0.2, -0.15) is 0 Å². The molecule has 0 aliphatic rings. The topological polar surface area (TPSA) is 43.4 Å². The lowest BCUT2D eigenvalue weighted by molar-refractivity contribution is -0.149. The number of ether oxygens (including phenoxy) is 1. The summed E-state index contributed by atoms with van der Waals surface area (Å²) in [5, 5.41) is 0. The van der Waals surface area contributed by atoms with E-state index in [0.717, 1.165) is 6.42 Å². The molecule has 1 aromatic carbocycles. The molecule has 3 heteroatoms. The first-order valence-corrected chi connectivity index (χ1v) is 5.70. The molecule has 17 heavy (non-hydrogen) atoms. The van der Waals surface area contributed by atoms with Crippen LogP contribution in [0.3, 0.4) is 0 Å². The number of carbonyl (C=O) groups excluding carboxylic acids is 2. The Morgan fingerprint density at radius 1 is 1.18 bits per heavy atom. The van der Waals surface area contributed by atoms with Crippen molar-refractivity contribution in [3.63, 3.8) is 0 Å². The summed E-state index contributed by atoms with van der Waals surface area (Å²) in [4.78, 5) is 23.0. The fourth-order valence-corrected chi connectivity index (χ4v) is 1.65. The van der Waals surface area contributed by atoms with E-state index >= 15 is 0 Å². The lowest BCUT2D eigenvalue weighted by Crippen LogP contribution is -2.36. The van der Waals surface area contributed by atoms with Gasteiger partial charge in [0.15, 0.2) is 5.60 Å². The van der Waals surface area contributed by atoms with Crippen molar-refractivity contribution in [2.24, 2.45) is 0 Å². The van der Waals surface area contributed by atoms with Gasteiger partial charge in [0.2, 0.25) is 5.78 Å². The SMILES string of the molecule is CCc1ccc(C(=O)C(C)(C)OC(C)=O)cc1. The van der Waals surface area contributed by atoms with Crippen molar-refractivity contribution in [3.05, 3.63) is 35.4 Å². The number of carbonyl (C=O) groups is 2. The highest BCUT2D eigenvalue weighted by Crippen LogP contribution is 2.18. The lowest BCUT2D eigenvalue weighted by Gasteiger charge is -2.22. The molecule has 1 rings (SSSR count). The zero-order chi connectivity index (χ0) is 13.1. The van der Waals surface area contributed by atoms with Gasteiger partial charge in [-0.25, -0.2) is 0 Å². The molecule has 0 atom stereocenters. The predicted molar refractivity (Wildman–Crippen MR) is 66.0 cm³/mol. The number of aryl methyl sites for hydroxylation is 1. The van der Waals surface area contributed by atoms with Crippen molar-refractivity contribution in [2.45, 2.75) is 39.7 Å². The highest BCUT2D eigenvalue weighted by Gasteiger charge is 2.31. The molecular formula is C14H18O3. The summed E-state index contributed by atoms with van der Waals surface area (Å²) < 4.78 is 5.02. The third kappa shape index (κ3) is 3.41. The van der Waals surface area contributed by atoms with Crippen molar-refractivity contribution in [2.75, 3.05) is 0 Å². The zero-order valence-corrected chi connectivity index (χ0v) is 10.7. The third-order valence-electron chi connectivity index (χ3n) is 2.57. The Hall–Kier alpha value is -1.64. The van der Waals surface area contributed by atoms with E-state index in [2.05, 4.69) is 6.92 Å². The van der Waals surface area contributed by atoms with Crippen molar-refractivity contribution >= 4 is 11.8 Å². The van der Waals surface area contributed by atoms with Crippen molar-refractivity contribution < 1.29 is 14.3 Å². The van der Waals surface area contributed by atoms with E-state index in [1.165, 1.54) is 12.5 Å². The largest absolute Gasteiger partial charge is 0.451 e. The van der Waals surface area contributed by atoms with E-state index in [0.29, 0.717) is 5.56 Å². The average Bonchev–Trinajstić information content (AvgIpc) is 2.26. The Kier molecular flexibility index (Phi) is 4.05. The van der Waals surface area contributed by atoms with Crippen LogP contribution in [-0.4, -0.2) is 17.4 Å². The highest BCUT2D eigenvalue weighted by atomic mass is 16.6. The van der Waals surface area contributed by atoms with E-state index in [4.69, 9.17) is 4.74 Å². The maximum absolute atomic E-state index is 12.1. The number of ketones is 1. The number of hydrogen-bond donors (Lipinski definition) is 0. The van der Waals surface area contributed by atoms with E-state index in [1.807, 2.05) is 12.1 Å². The molecule has 0 N–H and O–H groups in total. The normalized spacial score (nSPS) is 11.1. The molecule has 0 amide bonds. The zero-order valence-electron chi connectivity index (χ0n) is 10.7. The van der Waals surface area contributed by atoms with Crippen LogP contribution < -0.4 is 0 Å². The molecule has 0 aromatic heterocycles. The molecule has 0 fully saturated rings. The summed E-state index contributed by atoms with van der Waals surface area (Å²) >= 11 is 0. The fourth-order valence-electron chi connectivity index (χ4n) is 1.65. The molecule has 0 aliphatic heterocycles. The van der Waals surface area contributed by atoms with Gasteiger partial charge in [-0.05, 0) is 25.8 Å². The Labute approximate surface area is 102 Å². The maximum Gasteiger partial charge on any atom is 0.303 e. The van der Waals surface area contributed by atoms with Crippen LogP contribution >= 0.6 is 0 Å². The lowest BCUT2D eigenvalue weighted by atomic mass is 9.95. The third-order valence-corrected chi connectivity index (χ3v) is 2.57. The Balaban J connectivity index is 2.91. The molecule has 0 spiro atoms. The first-order chi connectivity index (χ1) is 7.86. The molecule has 0 saturated carbocycles. The number of benzene rings is 1. The standard InChI is InChI=1S/C14H18O3/c1-5-11-6-8-12(9-7-11)13(16)14(3,4)17-10(2)15/h6-9H,5H2,1-4H3. The van der Waals surface area contributed by atoms with Gasteiger partial charge in [-0.1, -0.05) is 31.2 Å². The molecule has 92 valence electrons. The minimum atomic E-state index is -1.11. The van der Waals surface area contributed by atoms with Crippen LogP contribution in [0, 0.1) is 0 Å². The predicted octanol–water partition coefficient (Wildman–Crippen LogP) is 2.77. The van der Waals surface area contributed by atoms with Crippen LogP contribution in [0.25, 0.3) is 0 Å². The summed E-state index contributed by atoms with van der Waals surface area (Å²) in [7, 11) is 0. The Bertz CT molecular complexity index is 416. The van der Waals surface area contributed by atoms with E-state index < -0.39 is 11.6 Å². The van der Waals surface area contributed by atoms with Crippen LogP contribution in [0.4, 0.5) is 0 Å². The number of Topliss-reactive ketones (excluding diaryl/α,β-unsaturated/α-hetero) is 1. The molecule has 3 nitrogen and oxygen atoms in total. The van der Waals surface area contributed by atoms with Crippen molar-refractivity contribution in [1.29, 1.82) is 0 Å². The first-order valence-electron chi connectivity index (χ1n) is 5.70. The first kappa shape index (κ1) is 13.4. The molecule has 0 saturated heterocycles. The van der Waals surface area contributed by atoms with Gasteiger partial charge in [-0.15, -0.1) is 0 Å². The summed E-state index contributed by atoms with van der Waals surface area (Å²) in [5.41, 5.74) is 0.625. The van der Waals surface area contributed by atoms with Gasteiger partial charge < -0.3 is 4.74 Å². The maximum atomic E-state index is 12.1. The van der Waals surface area contributed by atoms with Crippen LogP contribution in [0.2, 0.25) is 0 Å². The summed E-state index contributed by atoms with van der Waals surface area (Å²) in [6, 6.07) is 7.37. The van der Waals surface area contributed by atoms with Gasteiger partial charge in [0.25, 0.3) is 0 Å². The molecular weight excluding hydrogens is 216 g/mol. The number of hydrogen-bond acceptors (Lipinski definition) is 3. The van der Waals surface area contributed by atoms with Gasteiger partial charge in [-0.3, -0.25) is 9.59 Å². The fraction of sp³-hybridized carbons (Fsp3) is 0.429. The molecule has 0 bridgehead atoms. The quantitative estimate of drug-likeness (QED) is 0.594. The monoisotopic (exact) mass is 234 g/mol. The molecule has 0 radical (unpaired) electrons. The molecule has 0 unspecified atom stereocenters. The van der Waals surface area contributed by atoms with Gasteiger partial charge >= 0.3 is 5.97 Å². The van der Waals surface area contributed by atoms with Crippen LogP contribution in [0.5, 0.6) is 0 Å². The summed E-state index contributed by atoms with van der Waals surface area (Å²) in [6.07, 6.45) is 0.932. The second kappa shape index (κ2) is 5.13. The Morgan fingerprint density at radius 2 is 1.71 bits per heavy atom. The highest BCUT2D eigenvalue weighted by molar-refractivity contribution is 6.02. The average molecular weight is 234 g/mol. The Morgan fingerprint density at radius 3 is 2.12 bits per heavy atom. The van der Waals surface area contributed by atoms with E-state index in [1.54, 1.807) is 26.0 Å². The smallest absolute Gasteiger partial charge is 0.303 e. The number of rotatable bonds is 4. The van der Waals surface area contributed by atoms with Crippen LogP contribution in [0.1, 0.15) is 43.6 Å². The molecule has 0 heterocycles.